The smallest absolute Gasteiger partial charge is 0.191 e. The molecule has 66 valence electrons. The Morgan fingerprint density at radius 1 is 1.29 bits per heavy atom. The summed E-state index contributed by atoms with van der Waals surface area (Å²) in [5.41, 5.74) is 1.97. The van der Waals surface area contributed by atoms with Crippen molar-refractivity contribution in [3.63, 3.8) is 0 Å². The molecule has 6 heteroatoms. The molecule has 0 radical (unpaired) electrons. The van der Waals surface area contributed by atoms with E-state index in [1.807, 2.05) is 0 Å². The van der Waals surface area contributed by atoms with Gasteiger partial charge in [0.15, 0.2) is 5.78 Å². The van der Waals surface area contributed by atoms with Gasteiger partial charge in [0.2, 0.25) is 0 Å². The van der Waals surface area contributed by atoms with Gasteiger partial charge in [0.05, 0.1) is 5.56 Å². The van der Waals surface area contributed by atoms with Crippen LogP contribution in [0.2, 0.25) is 0 Å². The molecule has 0 N–H and O–H groups in total. The van der Waals surface area contributed by atoms with Crippen molar-refractivity contribution in [1.82, 2.24) is 9.97 Å². The van der Waals surface area contributed by atoms with Crippen LogP contribution in [-0.2, 0) is 0 Å². The van der Waals surface area contributed by atoms with Crippen LogP contribution >= 0.6 is 0 Å². The lowest BCUT2D eigenvalue weighted by molar-refractivity contribution is 0.104. The Morgan fingerprint density at radius 3 is 3.14 bits per heavy atom. The Hall–Kier alpha value is -2.24. The molecule has 0 saturated heterocycles. The van der Waals surface area contributed by atoms with Gasteiger partial charge in [0, 0.05) is 12.3 Å². The van der Waals surface area contributed by atoms with Gasteiger partial charge in [0.1, 0.15) is 23.4 Å². The molecule has 0 amide bonds. The summed E-state index contributed by atoms with van der Waals surface area (Å²) >= 11 is 0. The molecule has 6 nitrogen and oxygen atoms in total. The van der Waals surface area contributed by atoms with Crippen molar-refractivity contribution in [3.8, 4) is 0 Å². The minimum atomic E-state index is -0.157. The number of allylic oxidation sites excluding steroid dienone is 2. The van der Waals surface area contributed by atoms with Gasteiger partial charge in [-0.2, -0.15) is 0 Å². The number of fused-ring (bicyclic) bond motifs is 3. The fourth-order valence-electron chi connectivity index (χ4n) is 1.38. The van der Waals surface area contributed by atoms with Crippen LogP contribution < -0.4 is 0 Å². The fourth-order valence-corrected chi connectivity index (χ4v) is 1.38. The quantitative estimate of drug-likeness (QED) is 0.597. The maximum absolute atomic E-state index is 11.5. The number of carbonyl (C=O) groups is 1. The Bertz CT molecular complexity index is 528. The molecule has 1 aromatic rings. The van der Waals surface area contributed by atoms with Gasteiger partial charge >= 0.3 is 0 Å². The summed E-state index contributed by atoms with van der Waals surface area (Å²) in [6.07, 6.45) is 4.23. The summed E-state index contributed by atoms with van der Waals surface area (Å²) in [5, 5.41) is 11.0. The average molecular weight is 185 g/mol. The molecule has 0 atom stereocenters. The molecule has 0 spiro atoms. The van der Waals surface area contributed by atoms with E-state index in [9.17, 15) is 4.79 Å². The summed E-state index contributed by atoms with van der Waals surface area (Å²) in [6.45, 7) is 0. The molecule has 0 unspecified atom stereocenters. The number of rotatable bonds is 0. The van der Waals surface area contributed by atoms with Gasteiger partial charge in [-0.15, -0.1) is 10.2 Å². The molecule has 2 aliphatic rings. The van der Waals surface area contributed by atoms with Crippen LogP contribution in [0.25, 0.3) is 0 Å². The molecule has 1 aliphatic carbocycles. The predicted octanol–water partition coefficient (Wildman–Crippen LogP) is 0.727. The van der Waals surface area contributed by atoms with Crippen LogP contribution in [0.5, 0.6) is 0 Å². The number of hydrogen-bond acceptors (Lipinski definition) is 6. The van der Waals surface area contributed by atoms with Crippen molar-refractivity contribution in [2.24, 2.45) is 15.4 Å². The molecule has 0 aromatic carbocycles. The zero-order valence-electron chi connectivity index (χ0n) is 6.88. The first kappa shape index (κ1) is 7.19. The highest BCUT2D eigenvalue weighted by Gasteiger charge is 2.27. The van der Waals surface area contributed by atoms with Crippen LogP contribution in [0, 0.1) is 0 Å². The molecule has 1 aliphatic heterocycles. The summed E-state index contributed by atoms with van der Waals surface area (Å²) in [5.74, 6) is -0.157. The van der Waals surface area contributed by atoms with Crippen molar-refractivity contribution < 1.29 is 4.79 Å². The van der Waals surface area contributed by atoms with E-state index in [-0.39, 0.29) is 5.78 Å². The van der Waals surface area contributed by atoms with E-state index in [2.05, 4.69) is 25.4 Å². The topological polar surface area (TPSA) is 79.9 Å². The first-order chi connectivity index (χ1) is 6.86. The van der Waals surface area contributed by atoms with E-state index < -0.39 is 0 Å². The predicted molar refractivity (Wildman–Crippen MR) is 45.8 cm³/mol. The van der Waals surface area contributed by atoms with Gasteiger partial charge in [-0.1, -0.05) is 0 Å². The first-order valence-electron chi connectivity index (χ1n) is 3.92. The van der Waals surface area contributed by atoms with Crippen LogP contribution in [0.4, 0.5) is 0 Å². The average Bonchev–Trinajstić information content (AvgIpc) is 2.66. The van der Waals surface area contributed by atoms with E-state index in [1.165, 1.54) is 18.6 Å². The molecular weight excluding hydrogens is 182 g/mol. The van der Waals surface area contributed by atoms with E-state index in [4.69, 9.17) is 0 Å². The van der Waals surface area contributed by atoms with Crippen LogP contribution in [0.15, 0.2) is 39.7 Å². The van der Waals surface area contributed by atoms with Crippen molar-refractivity contribution in [3.05, 3.63) is 35.6 Å². The van der Waals surface area contributed by atoms with E-state index in [1.54, 1.807) is 0 Å². The summed E-state index contributed by atoms with van der Waals surface area (Å²) in [4.78, 5) is 19.3. The monoisotopic (exact) mass is 185 g/mol. The van der Waals surface area contributed by atoms with Gasteiger partial charge in [-0.25, -0.2) is 9.97 Å². The van der Waals surface area contributed by atoms with Crippen molar-refractivity contribution in [2.45, 2.75) is 0 Å². The second-order valence-corrected chi connectivity index (χ2v) is 2.82. The maximum Gasteiger partial charge on any atom is 0.191 e. The van der Waals surface area contributed by atoms with E-state index in [0.29, 0.717) is 22.7 Å². The number of aromatic nitrogens is 2. The Morgan fingerprint density at radius 2 is 2.21 bits per heavy atom. The highest BCUT2D eigenvalue weighted by Crippen LogP contribution is 2.23. The van der Waals surface area contributed by atoms with Crippen molar-refractivity contribution in [1.29, 1.82) is 0 Å². The zero-order valence-corrected chi connectivity index (χ0v) is 6.88. The minimum Gasteiger partial charge on any atom is -0.289 e. The molecule has 2 heterocycles. The molecular formula is C8H3N5O. The van der Waals surface area contributed by atoms with Crippen molar-refractivity contribution in [2.75, 3.05) is 0 Å². The fraction of sp³-hybridized carbons (Fsp3) is 0. The first-order valence-corrected chi connectivity index (χ1v) is 3.92. The lowest BCUT2D eigenvalue weighted by Crippen LogP contribution is -2.17. The third-order valence-corrected chi connectivity index (χ3v) is 2.01. The minimum absolute atomic E-state index is 0.157. The largest absolute Gasteiger partial charge is 0.289 e. The number of nitrogens with zero attached hydrogens (tertiary/aromatic N) is 5. The number of ketones is 1. The summed E-state index contributed by atoms with van der Waals surface area (Å²) in [6, 6.07) is 0. The number of carbonyl (C=O) groups excluding carboxylic acids is 1. The van der Waals surface area contributed by atoms with Gasteiger partial charge in [-0.05, 0) is 5.22 Å². The molecule has 3 rings (SSSR count). The normalized spacial score (nSPS) is 17.3. The third-order valence-electron chi connectivity index (χ3n) is 2.01. The number of hydrogen-bond donors (Lipinski definition) is 0. The van der Waals surface area contributed by atoms with E-state index >= 15 is 0 Å². The van der Waals surface area contributed by atoms with Crippen LogP contribution in [-0.4, -0.2) is 21.5 Å². The SMILES string of the molecule is O=C1C=C2N=NN=C2c2ncncc21. The van der Waals surface area contributed by atoms with Gasteiger partial charge in [0.25, 0.3) is 0 Å². The lowest BCUT2D eigenvalue weighted by Gasteiger charge is -2.08. The van der Waals surface area contributed by atoms with Crippen LogP contribution in [0.1, 0.15) is 16.1 Å². The Kier molecular flexibility index (Phi) is 1.22. The standard InChI is InChI=1S/C8H3N5O/c14-6-1-5-8(12-13-11-5)7-4(6)2-9-3-10-7/h1-3H. The Labute approximate surface area is 78.1 Å². The highest BCUT2D eigenvalue weighted by molar-refractivity contribution is 6.25. The lowest BCUT2D eigenvalue weighted by atomic mass is 9.99. The molecule has 0 saturated carbocycles. The molecule has 1 aromatic heterocycles. The molecule has 14 heavy (non-hydrogen) atoms. The van der Waals surface area contributed by atoms with Crippen LogP contribution in [0.3, 0.4) is 0 Å². The molecule has 0 bridgehead atoms. The summed E-state index contributed by atoms with van der Waals surface area (Å²) in [7, 11) is 0. The van der Waals surface area contributed by atoms with Gasteiger partial charge in [-0.3, -0.25) is 4.79 Å². The highest BCUT2D eigenvalue weighted by atomic mass is 16.1. The molecule has 0 fully saturated rings. The Balaban J connectivity index is 2.33. The summed E-state index contributed by atoms with van der Waals surface area (Å²) < 4.78 is 0. The van der Waals surface area contributed by atoms with E-state index in [0.717, 1.165) is 0 Å². The maximum atomic E-state index is 11.5. The second kappa shape index (κ2) is 2.38. The second-order valence-electron chi connectivity index (χ2n) is 2.82. The third kappa shape index (κ3) is 0.792. The van der Waals surface area contributed by atoms with Gasteiger partial charge < -0.3 is 0 Å². The van der Waals surface area contributed by atoms with Crippen molar-refractivity contribution >= 4 is 11.5 Å². The zero-order chi connectivity index (χ0) is 9.54.